The maximum atomic E-state index is 12.6. The molecule has 0 bridgehead atoms. The number of alkyl halides is 3. The van der Waals surface area contributed by atoms with Gasteiger partial charge in [-0.05, 0) is 12.8 Å². The minimum atomic E-state index is -4.43. The Morgan fingerprint density at radius 2 is 2.15 bits per heavy atom. The van der Waals surface area contributed by atoms with Crippen molar-refractivity contribution in [2.24, 2.45) is 0 Å². The lowest BCUT2D eigenvalue weighted by molar-refractivity contribution is -0.138. The van der Waals surface area contributed by atoms with Crippen LogP contribution in [0.4, 0.5) is 18.3 Å². The smallest absolute Gasteiger partial charge is 0.377 e. The van der Waals surface area contributed by atoms with Gasteiger partial charge in [-0.2, -0.15) is 13.2 Å². The molecule has 0 spiro atoms. The predicted octanol–water partition coefficient (Wildman–Crippen LogP) is 1.51. The third kappa shape index (κ3) is 3.21. The Bertz CT molecular complexity index is 463. The number of halogens is 3. The Kier molecular flexibility index (Phi) is 3.83. The van der Waals surface area contributed by atoms with Crippen LogP contribution in [0.1, 0.15) is 17.8 Å². The summed E-state index contributed by atoms with van der Waals surface area (Å²) in [4.78, 5) is 1.87. The van der Waals surface area contributed by atoms with Gasteiger partial charge in [-0.15, -0.1) is 10.2 Å². The van der Waals surface area contributed by atoms with Crippen LogP contribution in [0.25, 0.3) is 0 Å². The lowest BCUT2D eigenvalue weighted by Gasteiger charge is -2.35. The van der Waals surface area contributed by atoms with Crippen molar-refractivity contribution in [1.82, 2.24) is 15.5 Å². The summed E-state index contributed by atoms with van der Waals surface area (Å²) in [6.07, 6.45) is -2.08. The van der Waals surface area contributed by atoms with E-state index in [1.165, 1.54) is 12.8 Å². The topological polar surface area (TPSA) is 50.3 Å². The summed E-state index contributed by atoms with van der Waals surface area (Å²) in [7, 11) is 0. The molecule has 0 amide bonds. The number of anilines is 1. The Balaban J connectivity index is 1.69. The first kappa shape index (κ1) is 14.0. The van der Waals surface area contributed by atoms with Gasteiger partial charge in [0.25, 0.3) is 0 Å². The Hall–Kier alpha value is -0.930. The van der Waals surface area contributed by atoms with Crippen molar-refractivity contribution in [1.29, 1.82) is 0 Å². The fourth-order valence-electron chi connectivity index (χ4n) is 2.11. The normalized spacial score (nSPS) is 24.1. The minimum absolute atomic E-state index is 0.0124. The molecule has 1 saturated heterocycles. The van der Waals surface area contributed by atoms with Gasteiger partial charge in [-0.25, -0.2) is 0 Å². The fourth-order valence-corrected chi connectivity index (χ4v) is 2.92. The first-order valence-electron chi connectivity index (χ1n) is 6.52. The molecule has 1 aliphatic carbocycles. The van der Waals surface area contributed by atoms with E-state index in [1.54, 1.807) is 0 Å². The molecule has 1 unspecified atom stereocenters. The Morgan fingerprint density at radius 3 is 2.80 bits per heavy atom. The van der Waals surface area contributed by atoms with Gasteiger partial charge in [-0.1, -0.05) is 11.3 Å². The average molecular weight is 308 g/mol. The van der Waals surface area contributed by atoms with E-state index in [1.807, 2.05) is 4.90 Å². The van der Waals surface area contributed by atoms with Gasteiger partial charge in [-0.3, -0.25) is 0 Å². The summed E-state index contributed by atoms with van der Waals surface area (Å²) in [6, 6.07) is 0.567. The lowest BCUT2D eigenvalue weighted by atomic mass is 10.2. The first-order valence-corrected chi connectivity index (χ1v) is 7.34. The Labute approximate surface area is 118 Å². The van der Waals surface area contributed by atoms with Crippen molar-refractivity contribution in [3.8, 4) is 0 Å². The second kappa shape index (κ2) is 5.45. The molecule has 20 heavy (non-hydrogen) atoms. The van der Waals surface area contributed by atoms with Crippen LogP contribution in [-0.4, -0.2) is 48.6 Å². The summed E-state index contributed by atoms with van der Waals surface area (Å²) in [5, 5.41) is 9.74. The van der Waals surface area contributed by atoms with Crippen LogP contribution >= 0.6 is 11.3 Å². The van der Waals surface area contributed by atoms with E-state index in [9.17, 15) is 13.2 Å². The number of rotatable bonds is 4. The highest BCUT2D eigenvalue weighted by atomic mass is 32.1. The van der Waals surface area contributed by atoms with Crippen molar-refractivity contribution < 1.29 is 17.9 Å². The van der Waals surface area contributed by atoms with Gasteiger partial charge in [0.15, 0.2) is 0 Å². The molecule has 1 aromatic rings. The highest BCUT2D eigenvalue weighted by Gasteiger charge is 2.37. The number of hydrogen-bond donors (Lipinski definition) is 1. The molecule has 5 nitrogen and oxygen atoms in total. The zero-order valence-corrected chi connectivity index (χ0v) is 11.5. The molecule has 0 aromatic carbocycles. The maximum absolute atomic E-state index is 12.6. The van der Waals surface area contributed by atoms with Crippen molar-refractivity contribution >= 4 is 16.5 Å². The molecule has 2 fully saturated rings. The van der Waals surface area contributed by atoms with Crippen LogP contribution < -0.4 is 10.2 Å². The summed E-state index contributed by atoms with van der Waals surface area (Å²) in [6.45, 7) is 2.25. The molecule has 1 aromatic heterocycles. The zero-order chi connectivity index (χ0) is 14.2. The van der Waals surface area contributed by atoms with Gasteiger partial charge < -0.3 is 15.0 Å². The van der Waals surface area contributed by atoms with E-state index < -0.39 is 11.2 Å². The lowest BCUT2D eigenvalue weighted by Crippen LogP contribution is -2.51. The number of aromatic nitrogens is 2. The highest BCUT2D eigenvalue weighted by molar-refractivity contribution is 7.15. The zero-order valence-electron chi connectivity index (χ0n) is 10.7. The SMILES string of the molecule is FC(F)(F)c1nnc(N2CCOCC2CNC2CC2)s1. The van der Waals surface area contributed by atoms with Gasteiger partial charge in [0.1, 0.15) is 0 Å². The average Bonchev–Trinajstić information content (AvgIpc) is 3.09. The largest absolute Gasteiger partial charge is 0.445 e. The van der Waals surface area contributed by atoms with E-state index in [2.05, 4.69) is 15.5 Å². The summed E-state index contributed by atoms with van der Waals surface area (Å²) < 4.78 is 43.2. The molecule has 3 rings (SSSR count). The van der Waals surface area contributed by atoms with Crippen LogP contribution in [0.15, 0.2) is 0 Å². The monoisotopic (exact) mass is 308 g/mol. The number of hydrogen-bond acceptors (Lipinski definition) is 6. The third-order valence-corrected chi connectivity index (χ3v) is 4.35. The number of nitrogens with zero attached hydrogens (tertiary/aromatic N) is 3. The summed E-state index contributed by atoms with van der Waals surface area (Å²) >= 11 is 0.595. The second-order valence-corrected chi connectivity index (χ2v) is 5.95. The van der Waals surface area contributed by atoms with E-state index in [0.717, 1.165) is 0 Å². The molecular weight excluding hydrogens is 293 g/mol. The molecule has 2 heterocycles. The number of morpholine rings is 1. The molecule has 1 atom stereocenters. The molecule has 1 N–H and O–H groups in total. The summed E-state index contributed by atoms with van der Waals surface area (Å²) in [5.41, 5.74) is 0. The van der Waals surface area contributed by atoms with E-state index in [-0.39, 0.29) is 6.04 Å². The molecule has 9 heteroatoms. The van der Waals surface area contributed by atoms with Crippen molar-refractivity contribution in [3.05, 3.63) is 5.01 Å². The van der Waals surface area contributed by atoms with Crippen LogP contribution in [0.2, 0.25) is 0 Å². The molecular formula is C11H15F3N4OS. The third-order valence-electron chi connectivity index (χ3n) is 3.35. The first-order chi connectivity index (χ1) is 9.54. The standard InChI is InChI=1S/C11H15F3N4OS/c12-11(13,14)9-16-17-10(20-9)18-3-4-19-6-8(18)5-15-7-1-2-7/h7-8,15H,1-6H2. The number of ether oxygens (including phenoxy) is 1. The van der Waals surface area contributed by atoms with E-state index in [4.69, 9.17) is 4.74 Å². The van der Waals surface area contributed by atoms with E-state index >= 15 is 0 Å². The van der Waals surface area contributed by atoms with Gasteiger partial charge in [0, 0.05) is 19.1 Å². The quantitative estimate of drug-likeness (QED) is 0.914. The highest BCUT2D eigenvalue weighted by Crippen LogP contribution is 2.35. The molecule has 2 aliphatic rings. The number of nitrogens with one attached hydrogen (secondary N) is 1. The van der Waals surface area contributed by atoms with Gasteiger partial charge in [0.2, 0.25) is 10.1 Å². The van der Waals surface area contributed by atoms with Gasteiger partial charge >= 0.3 is 6.18 Å². The van der Waals surface area contributed by atoms with E-state index in [0.29, 0.717) is 48.8 Å². The second-order valence-electron chi connectivity index (χ2n) is 4.99. The Morgan fingerprint density at radius 1 is 1.35 bits per heavy atom. The van der Waals surface area contributed by atoms with Gasteiger partial charge in [0.05, 0.1) is 19.3 Å². The fraction of sp³-hybridized carbons (Fsp3) is 0.818. The van der Waals surface area contributed by atoms with Crippen LogP contribution in [0.3, 0.4) is 0 Å². The van der Waals surface area contributed by atoms with Crippen LogP contribution in [-0.2, 0) is 10.9 Å². The predicted molar refractivity (Wildman–Crippen MR) is 67.9 cm³/mol. The van der Waals surface area contributed by atoms with Crippen LogP contribution in [0.5, 0.6) is 0 Å². The van der Waals surface area contributed by atoms with Crippen molar-refractivity contribution in [2.45, 2.75) is 31.1 Å². The molecule has 1 aliphatic heterocycles. The minimum Gasteiger partial charge on any atom is -0.377 e. The maximum Gasteiger partial charge on any atom is 0.445 e. The molecule has 112 valence electrons. The van der Waals surface area contributed by atoms with Crippen molar-refractivity contribution in [2.75, 3.05) is 31.2 Å². The van der Waals surface area contributed by atoms with Crippen molar-refractivity contribution in [3.63, 3.8) is 0 Å². The summed E-state index contributed by atoms with van der Waals surface area (Å²) in [5.74, 6) is 0. The molecule has 1 saturated carbocycles. The van der Waals surface area contributed by atoms with Crippen LogP contribution in [0, 0.1) is 0 Å². The molecule has 0 radical (unpaired) electrons.